The average Bonchev–Trinajstić information content (AvgIpc) is 3.10. The molecule has 1 amide bonds. The zero-order valence-electron chi connectivity index (χ0n) is 12.4. The van der Waals surface area contributed by atoms with Crippen LogP contribution in [0.15, 0.2) is 42.6 Å². The number of carbonyl (C=O) groups is 1. The van der Waals surface area contributed by atoms with E-state index in [1.807, 2.05) is 48.0 Å². The van der Waals surface area contributed by atoms with Gasteiger partial charge in [-0.3, -0.25) is 4.79 Å². The Hall–Kier alpha value is -2.53. The zero-order valence-corrected chi connectivity index (χ0v) is 13.2. The van der Waals surface area contributed by atoms with Crippen LogP contribution in [-0.2, 0) is 7.05 Å². The number of hydrogen-bond donors (Lipinski definition) is 1. The third-order valence-electron chi connectivity index (χ3n) is 4.11. The van der Waals surface area contributed by atoms with Crippen LogP contribution >= 0.6 is 11.6 Å². The van der Waals surface area contributed by atoms with E-state index in [0.717, 1.165) is 16.5 Å². The Bertz CT molecular complexity index is 919. The van der Waals surface area contributed by atoms with Gasteiger partial charge in [-0.05, 0) is 30.3 Å². The van der Waals surface area contributed by atoms with E-state index in [4.69, 9.17) is 16.3 Å². The van der Waals surface area contributed by atoms with Crippen LogP contribution in [0, 0.1) is 0 Å². The van der Waals surface area contributed by atoms with Gasteiger partial charge in [0.05, 0.1) is 6.04 Å². The van der Waals surface area contributed by atoms with Gasteiger partial charge in [-0.2, -0.15) is 0 Å². The minimum Gasteiger partial charge on any atom is -0.475 e. The topological polar surface area (TPSA) is 56.2 Å². The van der Waals surface area contributed by atoms with Gasteiger partial charge in [-0.15, -0.1) is 0 Å². The summed E-state index contributed by atoms with van der Waals surface area (Å²) in [5, 5.41) is 4.64. The highest BCUT2D eigenvalue weighted by Crippen LogP contribution is 2.30. The molecule has 1 unspecified atom stereocenters. The summed E-state index contributed by atoms with van der Waals surface area (Å²) in [4.78, 5) is 16.8. The molecule has 1 aliphatic heterocycles. The number of rotatable bonds is 2. The molecular formula is C17H14ClN3O2. The largest absolute Gasteiger partial charge is 0.475 e. The van der Waals surface area contributed by atoms with Crippen molar-refractivity contribution in [1.82, 2.24) is 14.9 Å². The number of carbonyl (C=O) groups excluding carboxylic acids is 1. The number of pyridine rings is 1. The average molecular weight is 328 g/mol. The summed E-state index contributed by atoms with van der Waals surface area (Å²) in [6, 6.07) is 11.0. The molecule has 0 fully saturated rings. The van der Waals surface area contributed by atoms with Crippen molar-refractivity contribution in [3.8, 4) is 5.88 Å². The lowest BCUT2D eigenvalue weighted by Gasteiger charge is -2.12. The molecule has 0 spiro atoms. The predicted octanol–water partition coefficient (Wildman–Crippen LogP) is 3.09. The van der Waals surface area contributed by atoms with Crippen molar-refractivity contribution in [3.63, 3.8) is 0 Å². The van der Waals surface area contributed by atoms with Gasteiger partial charge in [0.1, 0.15) is 12.3 Å². The number of aryl methyl sites for hydroxylation is 1. The maximum Gasteiger partial charge on any atom is 0.268 e. The van der Waals surface area contributed by atoms with E-state index in [2.05, 4.69) is 10.3 Å². The van der Waals surface area contributed by atoms with Gasteiger partial charge in [0.25, 0.3) is 5.91 Å². The molecule has 1 N–H and O–H groups in total. The number of aromatic nitrogens is 2. The van der Waals surface area contributed by atoms with Crippen molar-refractivity contribution in [2.75, 3.05) is 6.61 Å². The number of hydrogen-bond acceptors (Lipinski definition) is 3. The molecule has 5 nitrogen and oxygen atoms in total. The molecule has 6 heteroatoms. The molecular weight excluding hydrogens is 314 g/mol. The van der Waals surface area contributed by atoms with E-state index in [1.165, 1.54) is 0 Å². The highest BCUT2D eigenvalue weighted by atomic mass is 35.5. The Morgan fingerprint density at radius 3 is 3.13 bits per heavy atom. The molecule has 1 aromatic carbocycles. The van der Waals surface area contributed by atoms with Crippen LogP contribution in [0.25, 0.3) is 10.9 Å². The van der Waals surface area contributed by atoms with Crippen molar-refractivity contribution in [2.24, 2.45) is 7.05 Å². The normalized spacial score (nSPS) is 16.2. The Morgan fingerprint density at radius 2 is 2.26 bits per heavy atom. The Balaban J connectivity index is 1.64. The van der Waals surface area contributed by atoms with Gasteiger partial charge in [0, 0.05) is 34.7 Å². The zero-order chi connectivity index (χ0) is 16.0. The Kier molecular flexibility index (Phi) is 3.23. The van der Waals surface area contributed by atoms with Crippen LogP contribution in [0.5, 0.6) is 5.88 Å². The molecule has 3 heterocycles. The number of nitrogens with one attached hydrogen (secondary N) is 1. The van der Waals surface area contributed by atoms with Crippen LogP contribution in [-0.4, -0.2) is 22.1 Å². The number of halogens is 1. The first-order valence-corrected chi connectivity index (χ1v) is 7.65. The molecule has 0 bridgehead atoms. The van der Waals surface area contributed by atoms with Crippen molar-refractivity contribution in [3.05, 3.63) is 58.9 Å². The molecule has 116 valence electrons. The molecule has 0 aliphatic carbocycles. The number of fused-ring (bicyclic) bond motifs is 2. The lowest BCUT2D eigenvalue weighted by Crippen LogP contribution is -2.30. The first-order valence-electron chi connectivity index (χ1n) is 7.27. The summed E-state index contributed by atoms with van der Waals surface area (Å²) in [5.41, 5.74) is 2.41. The highest BCUT2D eigenvalue weighted by molar-refractivity contribution is 6.31. The Labute approximate surface area is 137 Å². The summed E-state index contributed by atoms with van der Waals surface area (Å²) in [6.45, 7) is 0.397. The van der Waals surface area contributed by atoms with E-state index in [1.54, 1.807) is 6.20 Å². The van der Waals surface area contributed by atoms with Crippen molar-refractivity contribution in [2.45, 2.75) is 6.04 Å². The van der Waals surface area contributed by atoms with Crippen LogP contribution < -0.4 is 10.1 Å². The summed E-state index contributed by atoms with van der Waals surface area (Å²) >= 11 is 6.04. The lowest BCUT2D eigenvalue weighted by atomic mass is 10.1. The maximum atomic E-state index is 12.6. The fraction of sp³-hybridized carbons (Fsp3) is 0.176. The number of benzene rings is 1. The third kappa shape index (κ3) is 2.33. The van der Waals surface area contributed by atoms with Gasteiger partial charge >= 0.3 is 0 Å². The minimum absolute atomic E-state index is 0.148. The third-order valence-corrected chi connectivity index (χ3v) is 4.34. The molecule has 1 aliphatic rings. The fourth-order valence-electron chi connectivity index (χ4n) is 2.91. The van der Waals surface area contributed by atoms with Gasteiger partial charge in [-0.25, -0.2) is 4.98 Å². The molecule has 0 radical (unpaired) electrons. The summed E-state index contributed by atoms with van der Waals surface area (Å²) in [5.74, 6) is 0.437. The quantitative estimate of drug-likeness (QED) is 0.787. The highest BCUT2D eigenvalue weighted by Gasteiger charge is 2.27. The molecule has 4 rings (SSSR count). The SMILES string of the molecule is Cn1c(C(=O)NC2COc3ncccc32)cc2ccc(Cl)cc21. The van der Waals surface area contributed by atoms with E-state index in [9.17, 15) is 4.79 Å². The Morgan fingerprint density at radius 1 is 1.39 bits per heavy atom. The molecule has 23 heavy (non-hydrogen) atoms. The minimum atomic E-state index is -0.187. The fourth-order valence-corrected chi connectivity index (χ4v) is 3.08. The summed E-state index contributed by atoms with van der Waals surface area (Å²) in [7, 11) is 1.86. The van der Waals surface area contributed by atoms with Crippen molar-refractivity contribution < 1.29 is 9.53 Å². The van der Waals surface area contributed by atoms with Crippen LogP contribution in [0.2, 0.25) is 5.02 Å². The first kappa shape index (κ1) is 14.1. The molecule has 1 atom stereocenters. The van der Waals surface area contributed by atoms with Crippen molar-refractivity contribution in [1.29, 1.82) is 0 Å². The second kappa shape index (κ2) is 5.28. The van der Waals surface area contributed by atoms with Crippen molar-refractivity contribution >= 4 is 28.4 Å². The number of amides is 1. The molecule has 0 saturated carbocycles. The maximum absolute atomic E-state index is 12.6. The van der Waals surface area contributed by atoms with Crippen LogP contribution in [0.1, 0.15) is 22.1 Å². The van der Waals surface area contributed by atoms with E-state index in [-0.39, 0.29) is 11.9 Å². The standard InChI is InChI=1S/C17H14ClN3O2/c1-21-14-8-11(18)5-4-10(14)7-15(21)16(22)20-13-9-23-17-12(13)3-2-6-19-17/h2-8,13H,9H2,1H3,(H,20,22). The second-order valence-electron chi connectivity index (χ2n) is 5.53. The first-order chi connectivity index (χ1) is 11.1. The summed E-state index contributed by atoms with van der Waals surface area (Å²) in [6.07, 6.45) is 1.68. The number of ether oxygens (including phenoxy) is 1. The smallest absolute Gasteiger partial charge is 0.268 e. The van der Waals surface area contributed by atoms with E-state index in [0.29, 0.717) is 23.2 Å². The van der Waals surface area contributed by atoms with Gasteiger partial charge in [0.15, 0.2) is 0 Å². The summed E-state index contributed by atoms with van der Waals surface area (Å²) < 4.78 is 7.35. The molecule has 0 saturated heterocycles. The number of nitrogens with zero attached hydrogens (tertiary/aromatic N) is 2. The van der Waals surface area contributed by atoms with Gasteiger partial charge < -0.3 is 14.6 Å². The van der Waals surface area contributed by atoms with Gasteiger partial charge in [-0.1, -0.05) is 17.7 Å². The van der Waals surface area contributed by atoms with Crippen LogP contribution in [0.3, 0.4) is 0 Å². The predicted molar refractivity (Wildman–Crippen MR) is 87.9 cm³/mol. The second-order valence-corrected chi connectivity index (χ2v) is 5.96. The van der Waals surface area contributed by atoms with Crippen LogP contribution in [0.4, 0.5) is 0 Å². The monoisotopic (exact) mass is 327 g/mol. The van der Waals surface area contributed by atoms with Gasteiger partial charge in [0.2, 0.25) is 5.88 Å². The van der Waals surface area contributed by atoms with E-state index >= 15 is 0 Å². The molecule has 3 aromatic rings. The lowest BCUT2D eigenvalue weighted by molar-refractivity contribution is 0.0922. The molecule has 2 aromatic heterocycles. The van der Waals surface area contributed by atoms with E-state index < -0.39 is 0 Å².